The lowest BCUT2D eigenvalue weighted by molar-refractivity contribution is -0.274. The molecule has 0 fully saturated rings. The normalized spacial score (nSPS) is 11.1. The summed E-state index contributed by atoms with van der Waals surface area (Å²) in [6, 6.07) is 10.3. The molecule has 0 amide bonds. The maximum atomic E-state index is 12.5. The van der Waals surface area contributed by atoms with Gasteiger partial charge in [0.15, 0.2) is 0 Å². The van der Waals surface area contributed by atoms with Gasteiger partial charge >= 0.3 is 6.36 Å². The molecule has 0 aromatic heterocycles. The van der Waals surface area contributed by atoms with Gasteiger partial charge in [-0.2, -0.15) is 0 Å². The van der Waals surface area contributed by atoms with E-state index in [-0.39, 0.29) is 16.9 Å². The Kier molecular flexibility index (Phi) is 4.70. The molecule has 0 aliphatic heterocycles. The van der Waals surface area contributed by atoms with Crippen molar-refractivity contribution >= 4 is 6.29 Å². The largest absolute Gasteiger partial charge is 0.573 e. The van der Waals surface area contributed by atoms with Crippen molar-refractivity contribution in [3.8, 4) is 22.6 Å². The third-order valence-electron chi connectivity index (χ3n) is 2.82. The monoisotopic (exact) mass is 310 g/mol. The number of ether oxygens (including phenoxy) is 2. The van der Waals surface area contributed by atoms with E-state index in [4.69, 9.17) is 4.74 Å². The molecule has 0 atom stereocenters. The molecule has 0 aliphatic carbocycles. The van der Waals surface area contributed by atoms with Gasteiger partial charge in [0, 0.05) is 11.1 Å². The van der Waals surface area contributed by atoms with E-state index in [1.807, 2.05) is 0 Å². The summed E-state index contributed by atoms with van der Waals surface area (Å²) in [6.07, 6.45) is -4.25. The van der Waals surface area contributed by atoms with Crippen molar-refractivity contribution in [1.29, 1.82) is 0 Å². The van der Waals surface area contributed by atoms with Crippen LogP contribution in [0, 0.1) is 0 Å². The molecular formula is C16H13F3O3. The molecule has 2 aromatic carbocycles. The highest BCUT2D eigenvalue weighted by Gasteiger charge is 2.32. The van der Waals surface area contributed by atoms with Gasteiger partial charge in [-0.05, 0) is 42.8 Å². The van der Waals surface area contributed by atoms with Crippen molar-refractivity contribution in [3.05, 3.63) is 48.0 Å². The first kappa shape index (κ1) is 15.9. The molecule has 0 saturated heterocycles. The lowest BCUT2D eigenvalue weighted by Crippen LogP contribution is -2.17. The first-order valence-electron chi connectivity index (χ1n) is 6.51. The molecule has 6 heteroatoms. The Morgan fingerprint density at radius 2 is 1.91 bits per heavy atom. The van der Waals surface area contributed by atoms with Crippen LogP contribution in [0.15, 0.2) is 42.5 Å². The molecule has 0 N–H and O–H groups in total. The minimum atomic E-state index is -4.81. The Morgan fingerprint density at radius 1 is 1.14 bits per heavy atom. The second kappa shape index (κ2) is 6.51. The number of alkyl halides is 3. The SMILES string of the molecule is CCOc1cccc(-c2cc(C=O)ccc2OC(F)(F)F)c1. The maximum absolute atomic E-state index is 12.5. The Labute approximate surface area is 125 Å². The van der Waals surface area contributed by atoms with Crippen LogP contribution >= 0.6 is 0 Å². The van der Waals surface area contributed by atoms with Crippen molar-refractivity contribution in [2.75, 3.05) is 6.61 Å². The smallest absolute Gasteiger partial charge is 0.494 e. The van der Waals surface area contributed by atoms with Gasteiger partial charge < -0.3 is 9.47 Å². The number of carbonyl (C=O) groups excluding carboxylic acids is 1. The summed E-state index contributed by atoms with van der Waals surface area (Å²) in [7, 11) is 0. The maximum Gasteiger partial charge on any atom is 0.573 e. The third-order valence-corrected chi connectivity index (χ3v) is 2.82. The minimum absolute atomic E-state index is 0.170. The molecule has 2 rings (SSSR count). The molecule has 0 spiro atoms. The summed E-state index contributed by atoms with van der Waals surface area (Å²) >= 11 is 0. The Morgan fingerprint density at radius 3 is 2.55 bits per heavy atom. The zero-order valence-electron chi connectivity index (χ0n) is 11.7. The fraction of sp³-hybridized carbons (Fsp3) is 0.188. The summed E-state index contributed by atoms with van der Waals surface area (Å²) in [6.45, 7) is 2.24. The van der Waals surface area contributed by atoms with Crippen LogP contribution in [0.25, 0.3) is 11.1 Å². The van der Waals surface area contributed by atoms with Gasteiger partial charge in [0.1, 0.15) is 17.8 Å². The van der Waals surface area contributed by atoms with Crippen LogP contribution in [0.2, 0.25) is 0 Å². The van der Waals surface area contributed by atoms with Gasteiger partial charge in [0.25, 0.3) is 0 Å². The molecule has 3 nitrogen and oxygen atoms in total. The van der Waals surface area contributed by atoms with E-state index in [1.54, 1.807) is 31.2 Å². The van der Waals surface area contributed by atoms with E-state index in [2.05, 4.69) is 4.74 Å². The van der Waals surface area contributed by atoms with Crippen molar-refractivity contribution in [2.24, 2.45) is 0 Å². The number of carbonyl (C=O) groups is 1. The highest BCUT2D eigenvalue weighted by atomic mass is 19.4. The van der Waals surface area contributed by atoms with Crippen molar-refractivity contribution in [2.45, 2.75) is 13.3 Å². The molecule has 0 radical (unpaired) electrons. The molecule has 0 heterocycles. The van der Waals surface area contributed by atoms with Gasteiger partial charge in [-0.25, -0.2) is 0 Å². The molecular weight excluding hydrogens is 297 g/mol. The van der Waals surface area contributed by atoms with E-state index in [1.165, 1.54) is 12.1 Å². The number of hydrogen-bond acceptors (Lipinski definition) is 3. The predicted octanol–water partition coefficient (Wildman–Crippen LogP) is 4.46. The zero-order chi connectivity index (χ0) is 16.2. The van der Waals surface area contributed by atoms with E-state index in [0.717, 1.165) is 6.07 Å². The summed E-state index contributed by atoms with van der Waals surface area (Å²) in [5.41, 5.74) is 0.892. The third kappa shape index (κ3) is 4.00. The van der Waals surface area contributed by atoms with E-state index in [0.29, 0.717) is 24.2 Å². The lowest BCUT2D eigenvalue weighted by Gasteiger charge is -2.14. The Bertz CT molecular complexity index is 666. The first-order valence-corrected chi connectivity index (χ1v) is 6.51. The molecule has 0 unspecified atom stereocenters. The summed E-state index contributed by atoms with van der Waals surface area (Å²) in [5, 5.41) is 0. The summed E-state index contributed by atoms with van der Waals surface area (Å²) in [4.78, 5) is 10.9. The van der Waals surface area contributed by atoms with Crippen LogP contribution in [0.1, 0.15) is 17.3 Å². The second-order valence-corrected chi connectivity index (χ2v) is 4.38. The topological polar surface area (TPSA) is 35.5 Å². The van der Waals surface area contributed by atoms with Crippen LogP contribution < -0.4 is 9.47 Å². The van der Waals surface area contributed by atoms with Gasteiger partial charge in [0.05, 0.1) is 6.61 Å². The van der Waals surface area contributed by atoms with E-state index >= 15 is 0 Å². The van der Waals surface area contributed by atoms with Gasteiger partial charge in [-0.3, -0.25) is 4.79 Å². The number of rotatable bonds is 5. The van der Waals surface area contributed by atoms with Crippen molar-refractivity contribution in [1.82, 2.24) is 0 Å². The number of benzene rings is 2. The molecule has 0 saturated carbocycles. The predicted molar refractivity (Wildman–Crippen MR) is 75.1 cm³/mol. The van der Waals surface area contributed by atoms with Gasteiger partial charge in [0.2, 0.25) is 0 Å². The second-order valence-electron chi connectivity index (χ2n) is 4.38. The summed E-state index contributed by atoms with van der Waals surface area (Å²) in [5.74, 6) is 0.154. The molecule has 0 bridgehead atoms. The first-order chi connectivity index (χ1) is 10.4. The zero-order valence-corrected chi connectivity index (χ0v) is 11.7. The highest BCUT2D eigenvalue weighted by Crippen LogP contribution is 2.35. The van der Waals surface area contributed by atoms with Crippen LogP contribution in [-0.4, -0.2) is 19.3 Å². The molecule has 22 heavy (non-hydrogen) atoms. The standard InChI is InChI=1S/C16H13F3O3/c1-2-21-13-5-3-4-12(9-13)14-8-11(10-20)6-7-15(14)22-16(17,18)19/h3-10H,2H2,1H3. The summed E-state index contributed by atoms with van der Waals surface area (Å²) < 4.78 is 46.9. The average Bonchev–Trinajstić information content (AvgIpc) is 2.47. The number of aldehydes is 1. The fourth-order valence-corrected chi connectivity index (χ4v) is 1.98. The Balaban J connectivity index is 2.51. The molecule has 116 valence electrons. The van der Waals surface area contributed by atoms with Gasteiger partial charge in [-0.15, -0.1) is 13.2 Å². The Hall–Kier alpha value is -2.50. The lowest BCUT2D eigenvalue weighted by atomic mass is 10.0. The van der Waals surface area contributed by atoms with Crippen molar-refractivity contribution < 1.29 is 27.4 Å². The number of hydrogen-bond donors (Lipinski definition) is 0. The molecule has 0 aliphatic rings. The van der Waals surface area contributed by atoms with Crippen LogP contribution in [0.3, 0.4) is 0 Å². The fourth-order valence-electron chi connectivity index (χ4n) is 1.98. The van der Waals surface area contributed by atoms with Crippen LogP contribution in [0.4, 0.5) is 13.2 Å². The molecule has 2 aromatic rings. The van der Waals surface area contributed by atoms with Crippen LogP contribution in [-0.2, 0) is 0 Å². The van der Waals surface area contributed by atoms with E-state index < -0.39 is 6.36 Å². The number of halogens is 3. The average molecular weight is 310 g/mol. The van der Waals surface area contributed by atoms with Crippen molar-refractivity contribution in [3.63, 3.8) is 0 Å². The quantitative estimate of drug-likeness (QED) is 0.765. The van der Waals surface area contributed by atoms with E-state index in [9.17, 15) is 18.0 Å². The van der Waals surface area contributed by atoms with Gasteiger partial charge in [-0.1, -0.05) is 12.1 Å². The van der Waals surface area contributed by atoms with Crippen LogP contribution in [0.5, 0.6) is 11.5 Å². The minimum Gasteiger partial charge on any atom is -0.494 e. The highest BCUT2D eigenvalue weighted by molar-refractivity contribution is 5.81.